The summed E-state index contributed by atoms with van der Waals surface area (Å²) < 4.78 is 27.9. The van der Waals surface area contributed by atoms with Crippen LogP contribution in [0.5, 0.6) is 0 Å². The summed E-state index contributed by atoms with van der Waals surface area (Å²) in [4.78, 5) is 24.7. The third-order valence-electron chi connectivity index (χ3n) is 5.17. The fraction of sp³-hybridized carbons (Fsp3) is 0.0833. The Kier molecular flexibility index (Phi) is 6.58. The monoisotopic (exact) mass is 493 g/mol. The highest BCUT2D eigenvalue weighted by molar-refractivity contribution is 7.92. The molecule has 2 heterocycles. The molecule has 4 aromatic rings. The lowest BCUT2D eigenvalue weighted by molar-refractivity contribution is 0.104. The number of hydrogen-bond donors (Lipinski definition) is 3. The topological polar surface area (TPSA) is 128 Å². The molecule has 4 rings (SSSR count). The molecule has 0 amide bonds. The number of nitrogens with zero attached hydrogens (tertiary/aromatic N) is 2. The highest BCUT2D eigenvalue weighted by atomic mass is 35.5. The summed E-state index contributed by atoms with van der Waals surface area (Å²) in [6.07, 6.45) is 6.08. The van der Waals surface area contributed by atoms with Gasteiger partial charge in [-0.05, 0) is 48.0 Å². The Morgan fingerprint density at radius 1 is 1.21 bits per heavy atom. The lowest BCUT2D eigenvalue weighted by atomic mass is 9.99. The van der Waals surface area contributed by atoms with E-state index in [1.54, 1.807) is 49.9 Å². The van der Waals surface area contributed by atoms with Crippen LogP contribution < -0.4 is 4.72 Å². The van der Waals surface area contributed by atoms with Crippen LogP contribution in [0, 0.1) is 5.41 Å². The van der Waals surface area contributed by atoms with Crippen molar-refractivity contribution in [1.29, 1.82) is 5.41 Å². The van der Waals surface area contributed by atoms with E-state index in [9.17, 15) is 13.2 Å². The fourth-order valence-electron chi connectivity index (χ4n) is 3.48. The zero-order valence-corrected chi connectivity index (χ0v) is 19.6. The number of carbonyl (C=O) groups excluding carboxylic acids is 1. The minimum Gasteiger partial charge on any atom is -0.345 e. The molecule has 1 unspecified atom stereocenters. The van der Waals surface area contributed by atoms with Gasteiger partial charge in [-0.1, -0.05) is 23.7 Å². The van der Waals surface area contributed by atoms with Crippen LogP contribution >= 0.6 is 11.6 Å². The van der Waals surface area contributed by atoms with Gasteiger partial charge < -0.3 is 10.4 Å². The van der Waals surface area contributed by atoms with Gasteiger partial charge in [0.15, 0.2) is 5.78 Å². The maximum atomic E-state index is 13.3. The predicted molar refractivity (Wildman–Crippen MR) is 134 cm³/mol. The number of ketones is 1. The number of hydrogen-bond acceptors (Lipinski definition) is 6. The Balaban J connectivity index is 1.66. The molecule has 34 heavy (non-hydrogen) atoms. The second-order valence-corrected chi connectivity index (χ2v) is 9.56. The van der Waals surface area contributed by atoms with Crippen molar-refractivity contribution >= 4 is 56.6 Å². The number of fused-ring (bicyclic) bond motifs is 1. The molecule has 0 saturated carbocycles. The molecule has 0 radical (unpaired) electrons. The molecule has 3 N–H and O–H groups in total. The summed E-state index contributed by atoms with van der Waals surface area (Å²) in [7, 11) is -2.23. The van der Waals surface area contributed by atoms with Gasteiger partial charge in [0.1, 0.15) is 5.65 Å². The van der Waals surface area contributed by atoms with Crippen LogP contribution in [-0.4, -0.2) is 43.6 Å². The van der Waals surface area contributed by atoms with Crippen molar-refractivity contribution in [2.24, 2.45) is 4.99 Å². The van der Waals surface area contributed by atoms with Crippen molar-refractivity contribution in [3.05, 3.63) is 88.7 Å². The van der Waals surface area contributed by atoms with E-state index in [0.29, 0.717) is 27.2 Å². The minimum atomic E-state index is -3.85. The summed E-state index contributed by atoms with van der Waals surface area (Å²) in [5, 5.41) is 8.66. The molecule has 0 bridgehead atoms. The van der Waals surface area contributed by atoms with Crippen LogP contribution in [-0.2, 0) is 10.0 Å². The van der Waals surface area contributed by atoms with Crippen LogP contribution in [0.1, 0.15) is 27.4 Å². The minimum absolute atomic E-state index is 0.0558. The number of rotatable bonds is 8. The van der Waals surface area contributed by atoms with Gasteiger partial charge in [-0.2, -0.15) is 0 Å². The Bertz CT molecular complexity index is 1510. The molecule has 10 heteroatoms. The summed E-state index contributed by atoms with van der Waals surface area (Å²) in [6.45, 7) is 0. The van der Waals surface area contributed by atoms with Crippen molar-refractivity contribution in [2.45, 2.75) is 10.8 Å². The number of aromatic nitrogens is 2. The molecule has 172 valence electrons. The van der Waals surface area contributed by atoms with Gasteiger partial charge in [0.2, 0.25) is 0 Å². The van der Waals surface area contributed by atoms with E-state index in [4.69, 9.17) is 17.0 Å². The maximum Gasteiger partial charge on any atom is 0.261 e. The third-order valence-corrected chi connectivity index (χ3v) is 6.82. The Morgan fingerprint density at radius 2 is 1.97 bits per heavy atom. The SMILES string of the molecule is CN=CC(C=N)c1cnc2[nH]cc(C(=O)c3cccc(NS(=O)(=O)c4ccc(Cl)cc4)c3)c2c1. The first-order valence-electron chi connectivity index (χ1n) is 10.2. The maximum absolute atomic E-state index is 13.3. The predicted octanol–water partition coefficient (Wildman–Crippen LogP) is 4.68. The molecule has 0 spiro atoms. The number of carbonyl (C=O) groups is 1. The highest BCUT2D eigenvalue weighted by Gasteiger charge is 2.19. The number of sulfonamides is 1. The average Bonchev–Trinajstić information content (AvgIpc) is 3.25. The second-order valence-electron chi connectivity index (χ2n) is 7.44. The fourth-order valence-corrected chi connectivity index (χ4v) is 4.66. The highest BCUT2D eigenvalue weighted by Crippen LogP contribution is 2.25. The molecule has 0 saturated heterocycles. The third kappa shape index (κ3) is 4.75. The van der Waals surface area contributed by atoms with E-state index < -0.39 is 10.0 Å². The first-order valence-corrected chi connectivity index (χ1v) is 12.0. The Labute approximate surface area is 201 Å². The Hall–Kier alpha value is -3.82. The number of aliphatic imine (C=N–C) groups is 1. The van der Waals surface area contributed by atoms with Gasteiger partial charge in [-0.3, -0.25) is 14.5 Å². The number of aromatic amines is 1. The van der Waals surface area contributed by atoms with E-state index >= 15 is 0 Å². The summed E-state index contributed by atoms with van der Waals surface area (Å²) in [5.41, 5.74) is 2.21. The van der Waals surface area contributed by atoms with Crippen LogP contribution in [0.15, 0.2) is 76.9 Å². The van der Waals surface area contributed by atoms with E-state index in [1.807, 2.05) is 0 Å². The lowest BCUT2D eigenvalue weighted by Gasteiger charge is -2.10. The first kappa shape index (κ1) is 23.3. The quantitative estimate of drug-likeness (QED) is 0.243. The van der Waals surface area contributed by atoms with Gasteiger partial charge in [-0.15, -0.1) is 0 Å². The van der Waals surface area contributed by atoms with Gasteiger partial charge >= 0.3 is 0 Å². The van der Waals surface area contributed by atoms with Crippen molar-refractivity contribution in [3.8, 4) is 0 Å². The summed E-state index contributed by atoms with van der Waals surface area (Å²) in [6, 6.07) is 13.9. The normalized spacial score (nSPS) is 12.6. The molecular formula is C24H20ClN5O3S. The molecule has 1 atom stereocenters. The summed E-state index contributed by atoms with van der Waals surface area (Å²) >= 11 is 5.84. The molecule has 8 nitrogen and oxygen atoms in total. The number of anilines is 1. The number of pyridine rings is 1. The van der Waals surface area contributed by atoms with Gasteiger partial charge in [0.05, 0.1) is 10.8 Å². The average molecular weight is 494 g/mol. The van der Waals surface area contributed by atoms with E-state index in [1.165, 1.54) is 36.5 Å². The zero-order valence-electron chi connectivity index (χ0n) is 18.0. The van der Waals surface area contributed by atoms with Crippen molar-refractivity contribution in [2.75, 3.05) is 11.8 Å². The van der Waals surface area contributed by atoms with E-state index in [0.717, 1.165) is 5.56 Å². The standard InChI is InChI=1S/C24H20ClN5O3S/c1-27-12-17(11-26)16-10-21-22(14-29-24(21)28-13-16)23(31)15-3-2-4-19(9-15)30-34(32,33)20-7-5-18(25)6-8-20/h2-14,17,26,30H,1H3,(H,28,29). The van der Waals surface area contributed by atoms with Crippen molar-refractivity contribution in [1.82, 2.24) is 9.97 Å². The van der Waals surface area contributed by atoms with Crippen LogP contribution in [0.3, 0.4) is 0 Å². The number of halogens is 1. The lowest BCUT2D eigenvalue weighted by Crippen LogP contribution is -2.13. The molecule has 2 aromatic carbocycles. The van der Waals surface area contributed by atoms with Gasteiger partial charge in [0.25, 0.3) is 10.0 Å². The molecule has 0 aliphatic heterocycles. The number of benzene rings is 2. The number of nitrogens with one attached hydrogen (secondary N) is 3. The molecule has 0 aliphatic carbocycles. The Morgan fingerprint density at radius 3 is 2.68 bits per heavy atom. The van der Waals surface area contributed by atoms with Gasteiger partial charge in [-0.25, -0.2) is 13.4 Å². The second kappa shape index (κ2) is 9.58. The zero-order chi connectivity index (χ0) is 24.3. The van der Waals surface area contributed by atoms with Crippen molar-refractivity contribution in [3.63, 3.8) is 0 Å². The van der Waals surface area contributed by atoms with Crippen molar-refractivity contribution < 1.29 is 13.2 Å². The largest absolute Gasteiger partial charge is 0.345 e. The molecule has 2 aromatic heterocycles. The number of H-pyrrole nitrogens is 1. The summed E-state index contributed by atoms with van der Waals surface area (Å²) in [5.74, 6) is -0.654. The molecular weight excluding hydrogens is 474 g/mol. The van der Waals surface area contributed by atoms with E-state index in [2.05, 4.69) is 19.7 Å². The molecule has 0 fully saturated rings. The van der Waals surface area contributed by atoms with E-state index in [-0.39, 0.29) is 22.3 Å². The smallest absolute Gasteiger partial charge is 0.261 e. The molecule has 0 aliphatic rings. The van der Waals surface area contributed by atoms with Crippen LogP contribution in [0.4, 0.5) is 5.69 Å². The van der Waals surface area contributed by atoms with Crippen LogP contribution in [0.25, 0.3) is 11.0 Å². The van der Waals surface area contributed by atoms with Crippen LogP contribution in [0.2, 0.25) is 5.02 Å². The van der Waals surface area contributed by atoms with Gasteiger partial charge in [0, 0.05) is 59.1 Å². The first-order chi connectivity index (χ1) is 16.3.